The van der Waals surface area contributed by atoms with Crippen molar-refractivity contribution >= 4 is 34.4 Å². The lowest BCUT2D eigenvalue weighted by molar-refractivity contribution is 1.11. The first-order valence-corrected chi connectivity index (χ1v) is 5.23. The van der Waals surface area contributed by atoms with E-state index in [1.807, 2.05) is 6.26 Å². The standard InChI is InChI=1S/C8H6ClN3S/c1-13-6-4-11-5-2-3-10-8(9)7(5)12-6/h2-4H,1H3. The van der Waals surface area contributed by atoms with Gasteiger partial charge in [0.15, 0.2) is 5.15 Å². The summed E-state index contributed by atoms with van der Waals surface area (Å²) in [5, 5.41) is 1.25. The average molecular weight is 212 g/mol. The van der Waals surface area contributed by atoms with Gasteiger partial charge in [-0.15, -0.1) is 11.8 Å². The maximum Gasteiger partial charge on any atom is 0.156 e. The third kappa shape index (κ3) is 1.59. The number of nitrogens with zero attached hydrogens (tertiary/aromatic N) is 3. The zero-order valence-corrected chi connectivity index (χ0v) is 8.43. The first-order valence-electron chi connectivity index (χ1n) is 3.62. The van der Waals surface area contributed by atoms with E-state index in [1.54, 1.807) is 18.5 Å². The molecule has 0 aliphatic carbocycles. The van der Waals surface area contributed by atoms with E-state index in [4.69, 9.17) is 11.6 Å². The predicted octanol–water partition coefficient (Wildman–Crippen LogP) is 2.40. The van der Waals surface area contributed by atoms with Gasteiger partial charge in [0.1, 0.15) is 10.5 Å². The maximum atomic E-state index is 5.86. The van der Waals surface area contributed by atoms with E-state index < -0.39 is 0 Å². The number of hydrogen-bond donors (Lipinski definition) is 0. The van der Waals surface area contributed by atoms with Crippen molar-refractivity contribution in [2.75, 3.05) is 6.26 Å². The molecule has 2 aromatic rings. The van der Waals surface area contributed by atoms with Gasteiger partial charge in [0.05, 0.1) is 11.7 Å². The van der Waals surface area contributed by atoms with Crippen LogP contribution in [0, 0.1) is 0 Å². The van der Waals surface area contributed by atoms with Gasteiger partial charge in [-0.05, 0) is 12.3 Å². The van der Waals surface area contributed by atoms with Crippen LogP contribution in [-0.4, -0.2) is 21.2 Å². The summed E-state index contributed by atoms with van der Waals surface area (Å²) in [4.78, 5) is 12.4. The molecule has 0 atom stereocenters. The van der Waals surface area contributed by atoms with Crippen molar-refractivity contribution in [3.8, 4) is 0 Å². The normalized spacial score (nSPS) is 10.6. The van der Waals surface area contributed by atoms with Crippen LogP contribution in [0.1, 0.15) is 0 Å². The molecule has 0 saturated carbocycles. The van der Waals surface area contributed by atoms with Gasteiger partial charge in [0.25, 0.3) is 0 Å². The molecule has 0 aromatic carbocycles. The molecule has 0 aliphatic heterocycles. The van der Waals surface area contributed by atoms with E-state index in [0.717, 1.165) is 10.5 Å². The third-order valence-corrected chi connectivity index (χ3v) is 2.50. The number of thioether (sulfide) groups is 1. The molecule has 0 amide bonds. The molecule has 0 saturated heterocycles. The number of rotatable bonds is 1. The van der Waals surface area contributed by atoms with Crippen molar-refractivity contribution in [1.29, 1.82) is 0 Å². The largest absolute Gasteiger partial charge is 0.252 e. The maximum absolute atomic E-state index is 5.86. The van der Waals surface area contributed by atoms with Crippen LogP contribution in [0.4, 0.5) is 0 Å². The van der Waals surface area contributed by atoms with Crippen molar-refractivity contribution in [3.63, 3.8) is 0 Å². The Bertz CT molecular complexity index is 446. The minimum absolute atomic E-state index is 0.404. The fourth-order valence-electron chi connectivity index (χ4n) is 0.989. The Labute approximate surface area is 84.6 Å². The van der Waals surface area contributed by atoms with E-state index in [2.05, 4.69) is 15.0 Å². The van der Waals surface area contributed by atoms with Crippen LogP contribution in [0.3, 0.4) is 0 Å². The Balaban J connectivity index is 2.74. The van der Waals surface area contributed by atoms with Gasteiger partial charge in [-0.1, -0.05) is 11.6 Å². The molecule has 0 N–H and O–H groups in total. The molecule has 5 heteroatoms. The molecular weight excluding hydrogens is 206 g/mol. The molecule has 0 spiro atoms. The van der Waals surface area contributed by atoms with Gasteiger partial charge >= 0.3 is 0 Å². The van der Waals surface area contributed by atoms with Gasteiger partial charge in [0, 0.05) is 6.20 Å². The summed E-state index contributed by atoms with van der Waals surface area (Å²) in [5.41, 5.74) is 1.44. The molecule has 0 aliphatic rings. The third-order valence-electron chi connectivity index (χ3n) is 1.60. The molecule has 0 bridgehead atoms. The van der Waals surface area contributed by atoms with Crippen molar-refractivity contribution in [3.05, 3.63) is 23.6 Å². The monoisotopic (exact) mass is 211 g/mol. The van der Waals surface area contributed by atoms with Gasteiger partial charge in [0.2, 0.25) is 0 Å². The van der Waals surface area contributed by atoms with E-state index in [1.165, 1.54) is 11.8 Å². The van der Waals surface area contributed by atoms with Crippen LogP contribution in [0.25, 0.3) is 11.0 Å². The second kappa shape index (κ2) is 3.47. The molecule has 0 fully saturated rings. The second-order valence-electron chi connectivity index (χ2n) is 2.38. The van der Waals surface area contributed by atoms with Crippen LogP contribution in [0.5, 0.6) is 0 Å². The number of pyridine rings is 1. The number of hydrogen-bond acceptors (Lipinski definition) is 4. The van der Waals surface area contributed by atoms with Crippen molar-refractivity contribution < 1.29 is 0 Å². The summed E-state index contributed by atoms with van der Waals surface area (Å²) in [6.07, 6.45) is 5.29. The van der Waals surface area contributed by atoms with Gasteiger partial charge in [-0.25, -0.2) is 9.97 Å². The summed E-state index contributed by atoms with van der Waals surface area (Å²) >= 11 is 7.40. The van der Waals surface area contributed by atoms with Crippen LogP contribution >= 0.6 is 23.4 Å². The minimum atomic E-state index is 0.404. The van der Waals surface area contributed by atoms with Gasteiger partial charge in [-0.3, -0.25) is 4.98 Å². The summed E-state index contributed by atoms with van der Waals surface area (Å²) < 4.78 is 0. The Morgan fingerprint density at radius 1 is 1.38 bits per heavy atom. The topological polar surface area (TPSA) is 38.7 Å². The molecule has 2 rings (SSSR count). The number of halogens is 1. The summed E-state index contributed by atoms with van der Waals surface area (Å²) in [6.45, 7) is 0. The van der Waals surface area contributed by atoms with E-state index >= 15 is 0 Å². The highest BCUT2D eigenvalue weighted by Crippen LogP contribution is 2.19. The predicted molar refractivity (Wildman–Crippen MR) is 54.1 cm³/mol. The number of aromatic nitrogens is 3. The van der Waals surface area contributed by atoms with Crippen molar-refractivity contribution in [2.45, 2.75) is 5.03 Å². The summed E-state index contributed by atoms with van der Waals surface area (Å²) in [6, 6.07) is 1.79. The molecule has 0 radical (unpaired) electrons. The second-order valence-corrected chi connectivity index (χ2v) is 3.57. The summed E-state index contributed by atoms with van der Waals surface area (Å²) in [7, 11) is 0. The zero-order valence-electron chi connectivity index (χ0n) is 6.86. The molecule has 3 nitrogen and oxygen atoms in total. The first kappa shape index (κ1) is 8.72. The summed E-state index contributed by atoms with van der Waals surface area (Å²) in [5.74, 6) is 0. The lowest BCUT2D eigenvalue weighted by atomic mass is 10.4. The minimum Gasteiger partial charge on any atom is -0.252 e. The van der Waals surface area contributed by atoms with Crippen LogP contribution in [0.15, 0.2) is 23.5 Å². The number of fused-ring (bicyclic) bond motifs is 1. The molecule has 13 heavy (non-hydrogen) atoms. The van der Waals surface area contributed by atoms with Crippen LogP contribution < -0.4 is 0 Å². The Morgan fingerprint density at radius 3 is 3.00 bits per heavy atom. The Kier molecular flexibility index (Phi) is 2.33. The van der Waals surface area contributed by atoms with E-state index in [9.17, 15) is 0 Å². The van der Waals surface area contributed by atoms with Gasteiger partial charge in [-0.2, -0.15) is 0 Å². The van der Waals surface area contributed by atoms with Gasteiger partial charge < -0.3 is 0 Å². The first-order chi connectivity index (χ1) is 6.31. The molecule has 2 aromatic heterocycles. The van der Waals surface area contributed by atoms with Crippen molar-refractivity contribution in [2.24, 2.45) is 0 Å². The quantitative estimate of drug-likeness (QED) is 0.536. The lowest BCUT2D eigenvalue weighted by Gasteiger charge is -1.99. The average Bonchev–Trinajstić information content (AvgIpc) is 2.18. The molecule has 2 heterocycles. The SMILES string of the molecule is CSc1cnc2ccnc(Cl)c2n1. The molecular formula is C8H6ClN3S. The molecule has 0 unspecified atom stereocenters. The molecule has 66 valence electrons. The highest BCUT2D eigenvalue weighted by molar-refractivity contribution is 7.98. The van der Waals surface area contributed by atoms with Crippen LogP contribution in [-0.2, 0) is 0 Å². The highest BCUT2D eigenvalue weighted by Gasteiger charge is 2.02. The highest BCUT2D eigenvalue weighted by atomic mass is 35.5. The fraction of sp³-hybridized carbons (Fsp3) is 0.125. The fourth-order valence-corrected chi connectivity index (χ4v) is 1.52. The van der Waals surface area contributed by atoms with Crippen LogP contribution in [0.2, 0.25) is 5.15 Å². The van der Waals surface area contributed by atoms with E-state index in [-0.39, 0.29) is 0 Å². The van der Waals surface area contributed by atoms with E-state index in [0.29, 0.717) is 10.7 Å². The van der Waals surface area contributed by atoms with Crippen molar-refractivity contribution in [1.82, 2.24) is 15.0 Å². The Hall–Kier alpha value is -0.870. The zero-order chi connectivity index (χ0) is 9.26. The smallest absolute Gasteiger partial charge is 0.156 e. The Morgan fingerprint density at radius 2 is 2.23 bits per heavy atom. The lowest BCUT2D eigenvalue weighted by Crippen LogP contribution is -1.88.